The quantitative estimate of drug-likeness (QED) is 0.515. The topological polar surface area (TPSA) is 122 Å². The molecular weight excluding hydrogens is 370 g/mol. The fraction of sp³-hybridized carbons (Fsp3) is 0.318. The summed E-state index contributed by atoms with van der Waals surface area (Å²) < 4.78 is 0. The number of nitrogens with one attached hydrogen (secondary N) is 2. The molecule has 154 valence electrons. The molecular formula is C22H27N3O4. The minimum absolute atomic E-state index is 0.105. The minimum Gasteiger partial charge on any atom is -0.508 e. The number of benzene rings is 2. The average molecular weight is 397 g/mol. The molecule has 0 heterocycles. The Hall–Kier alpha value is -3.35. The van der Waals surface area contributed by atoms with Crippen LogP contribution in [-0.2, 0) is 16.0 Å². The van der Waals surface area contributed by atoms with Gasteiger partial charge in [-0.25, -0.2) is 0 Å². The van der Waals surface area contributed by atoms with E-state index in [2.05, 4.69) is 10.6 Å². The summed E-state index contributed by atoms with van der Waals surface area (Å²) in [5, 5.41) is 14.8. The zero-order valence-electron chi connectivity index (χ0n) is 16.6. The van der Waals surface area contributed by atoms with E-state index in [9.17, 15) is 19.5 Å². The predicted molar refractivity (Wildman–Crippen MR) is 110 cm³/mol. The monoisotopic (exact) mass is 397 g/mol. The summed E-state index contributed by atoms with van der Waals surface area (Å²) in [6.07, 6.45) is 0.595. The highest BCUT2D eigenvalue weighted by Crippen LogP contribution is 2.13. The number of hydrogen-bond acceptors (Lipinski definition) is 4. The van der Waals surface area contributed by atoms with Crippen LogP contribution in [0.5, 0.6) is 5.75 Å². The maximum atomic E-state index is 12.9. The molecule has 0 radical (unpaired) electrons. The molecule has 2 atom stereocenters. The molecule has 2 rings (SSSR count). The van der Waals surface area contributed by atoms with E-state index in [1.807, 2.05) is 13.8 Å². The molecule has 0 aliphatic rings. The van der Waals surface area contributed by atoms with E-state index < -0.39 is 29.8 Å². The number of nitrogens with two attached hydrogens (primary N) is 1. The van der Waals surface area contributed by atoms with Crippen LogP contribution in [0.1, 0.15) is 36.2 Å². The Morgan fingerprint density at radius 3 is 2.10 bits per heavy atom. The lowest BCUT2D eigenvalue weighted by Gasteiger charge is -2.23. The third-order valence-electron chi connectivity index (χ3n) is 4.40. The number of carbonyl (C=O) groups excluding carboxylic acids is 3. The second-order valence-corrected chi connectivity index (χ2v) is 7.36. The molecule has 5 N–H and O–H groups in total. The van der Waals surface area contributed by atoms with Crippen molar-refractivity contribution < 1.29 is 19.5 Å². The predicted octanol–water partition coefficient (Wildman–Crippen LogP) is 1.75. The molecule has 0 aliphatic heterocycles. The van der Waals surface area contributed by atoms with Crippen molar-refractivity contribution in [1.82, 2.24) is 10.6 Å². The molecule has 0 aliphatic carbocycles. The molecule has 0 spiro atoms. The summed E-state index contributed by atoms with van der Waals surface area (Å²) in [4.78, 5) is 37.2. The highest BCUT2D eigenvalue weighted by atomic mass is 16.3. The second kappa shape index (κ2) is 10.3. The summed E-state index contributed by atoms with van der Waals surface area (Å²) >= 11 is 0. The number of amides is 3. The number of aromatic hydroxyl groups is 1. The first-order chi connectivity index (χ1) is 13.8. The van der Waals surface area contributed by atoms with Gasteiger partial charge in [-0.3, -0.25) is 14.4 Å². The van der Waals surface area contributed by atoms with Gasteiger partial charge in [-0.05, 0) is 42.2 Å². The lowest BCUT2D eigenvalue weighted by molar-refractivity contribution is -0.128. The third kappa shape index (κ3) is 6.95. The van der Waals surface area contributed by atoms with Crippen molar-refractivity contribution in [1.29, 1.82) is 0 Å². The van der Waals surface area contributed by atoms with E-state index in [-0.39, 0.29) is 18.1 Å². The molecule has 0 saturated heterocycles. The minimum atomic E-state index is -0.915. The molecule has 29 heavy (non-hydrogen) atoms. The summed E-state index contributed by atoms with van der Waals surface area (Å²) in [6, 6.07) is 13.2. The van der Waals surface area contributed by atoms with Crippen molar-refractivity contribution in [2.45, 2.75) is 38.8 Å². The highest BCUT2D eigenvalue weighted by Gasteiger charge is 2.26. The van der Waals surface area contributed by atoms with E-state index >= 15 is 0 Å². The molecule has 0 bridgehead atoms. The smallest absolute Gasteiger partial charge is 0.251 e. The van der Waals surface area contributed by atoms with Crippen molar-refractivity contribution in [3.8, 4) is 5.75 Å². The van der Waals surface area contributed by atoms with E-state index in [4.69, 9.17) is 5.73 Å². The Morgan fingerprint density at radius 2 is 1.55 bits per heavy atom. The van der Waals surface area contributed by atoms with Crippen molar-refractivity contribution in [2.75, 3.05) is 0 Å². The zero-order chi connectivity index (χ0) is 21.4. The Bertz CT molecular complexity index is 835. The summed E-state index contributed by atoms with van der Waals surface area (Å²) in [5.41, 5.74) is 6.59. The van der Waals surface area contributed by atoms with Crippen LogP contribution < -0.4 is 16.4 Å². The van der Waals surface area contributed by atoms with Crippen molar-refractivity contribution in [2.24, 2.45) is 11.7 Å². The fourth-order valence-electron chi connectivity index (χ4n) is 2.90. The molecule has 0 aromatic heterocycles. The van der Waals surface area contributed by atoms with Gasteiger partial charge in [-0.15, -0.1) is 0 Å². The molecule has 2 aromatic rings. The Balaban J connectivity index is 2.20. The fourth-order valence-corrected chi connectivity index (χ4v) is 2.90. The van der Waals surface area contributed by atoms with E-state index in [1.165, 1.54) is 12.1 Å². The maximum absolute atomic E-state index is 12.9. The molecule has 2 aromatic carbocycles. The molecule has 7 heteroatoms. The van der Waals surface area contributed by atoms with Gasteiger partial charge in [-0.1, -0.05) is 44.2 Å². The lowest BCUT2D eigenvalue weighted by Crippen LogP contribution is -2.54. The number of phenolic OH excluding ortho intramolecular Hbond substituents is 1. The average Bonchev–Trinajstić information content (AvgIpc) is 2.68. The maximum Gasteiger partial charge on any atom is 0.251 e. The van der Waals surface area contributed by atoms with Gasteiger partial charge in [0.2, 0.25) is 11.8 Å². The summed E-state index contributed by atoms with van der Waals surface area (Å²) in [7, 11) is 0. The normalized spacial score (nSPS) is 12.8. The second-order valence-electron chi connectivity index (χ2n) is 7.36. The third-order valence-corrected chi connectivity index (χ3v) is 4.40. The molecule has 3 amide bonds. The van der Waals surface area contributed by atoms with Crippen LogP contribution in [0.15, 0.2) is 54.6 Å². The molecule has 7 nitrogen and oxygen atoms in total. The zero-order valence-corrected chi connectivity index (χ0v) is 16.6. The Morgan fingerprint density at radius 1 is 0.931 bits per heavy atom. The van der Waals surface area contributed by atoms with E-state index in [0.29, 0.717) is 12.0 Å². The standard InChI is InChI=1S/C22H27N3O4/c1-14(2)12-18(20(23)27)24-22(29)19(13-15-8-10-17(26)11-9-15)25-21(28)16-6-4-3-5-7-16/h3-11,14,18-19,26H,12-13H2,1-2H3,(H2,23,27)(H,24,29)(H,25,28)/t18?,19-/m0/s1. The first kappa shape index (κ1) is 21.9. The van der Waals surface area contributed by atoms with Crippen molar-refractivity contribution in [3.63, 3.8) is 0 Å². The van der Waals surface area contributed by atoms with Gasteiger partial charge >= 0.3 is 0 Å². The SMILES string of the molecule is CC(C)CC(NC(=O)[C@H](Cc1ccc(O)cc1)NC(=O)c1ccccc1)C(N)=O. The number of hydrogen-bond donors (Lipinski definition) is 4. The number of primary amides is 1. The summed E-state index contributed by atoms with van der Waals surface area (Å²) in [5.74, 6) is -1.25. The van der Waals surface area contributed by atoms with Crippen LogP contribution >= 0.6 is 0 Å². The van der Waals surface area contributed by atoms with Crippen LogP contribution in [-0.4, -0.2) is 34.9 Å². The van der Waals surface area contributed by atoms with Gasteiger partial charge in [-0.2, -0.15) is 0 Å². The Kier molecular flexibility index (Phi) is 7.77. The van der Waals surface area contributed by atoms with Gasteiger partial charge in [0.25, 0.3) is 5.91 Å². The van der Waals surface area contributed by atoms with Gasteiger partial charge in [0, 0.05) is 12.0 Å². The highest BCUT2D eigenvalue weighted by molar-refractivity contribution is 5.98. The van der Waals surface area contributed by atoms with Crippen molar-refractivity contribution >= 4 is 17.7 Å². The van der Waals surface area contributed by atoms with Gasteiger partial charge in [0.1, 0.15) is 17.8 Å². The Labute approximate surface area is 170 Å². The first-order valence-corrected chi connectivity index (χ1v) is 9.49. The first-order valence-electron chi connectivity index (χ1n) is 9.49. The van der Waals surface area contributed by atoms with E-state index in [1.54, 1.807) is 42.5 Å². The molecule has 0 fully saturated rings. The summed E-state index contributed by atoms with van der Waals surface area (Å²) in [6.45, 7) is 3.85. The lowest BCUT2D eigenvalue weighted by atomic mass is 10.0. The van der Waals surface area contributed by atoms with Crippen LogP contribution in [0.25, 0.3) is 0 Å². The van der Waals surface area contributed by atoms with Crippen LogP contribution in [0.2, 0.25) is 0 Å². The van der Waals surface area contributed by atoms with E-state index in [0.717, 1.165) is 5.56 Å². The van der Waals surface area contributed by atoms with Crippen molar-refractivity contribution in [3.05, 3.63) is 65.7 Å². The van der Waals surface area contributed by atoms with Gasteiger partial charge in [0.15, 0.2) is 0 Å². The number of phenols is 1. The number of rotatable bonds is 9. The van der Waals surface area contributed by atoms with Crippen LogP contribution in [0.3, 0.4) is 0 Å². The number of carbonyl (C=O) groups is 3. The van der Waals surface area contributed by atoms with Crippen LogP contribution in [0, 0.1) is 5.92 Å². The molecule has 1 unspecified atom stereocenters. The molecule has 0 saturated carbocycles. The van der Waals surface area contributed by atoms with Gasteiger partial charge < -0.3 is 21.5 Å². The van der Waals surface area contributed by atoms with Gasteiger partial charge in [0.05, 0.1) is 0 Å². The largest absolute Gasteiger partial charge is 0.508 e. The van der Waals surface area contributed by atoms with Crippen LogP contribution in [0.4, 0.5) is 0 Å².